The second-order valence-corrected chi connectivity index (χ2v) is 1.01. The first-order valence-corrected chi connectivity index (χ1v) is 1.84. The topological polar surface area (TPSA) is 9.23 Å². The first-order chi connectivity index (χ1) is 3.00. The van der Waals surface area contributed by atoms with E-state index in [2.05, 4.69) is 6.08 Å². The summed E-state index contributed by atoms with van der Waals surface area (Å²) >= 11 is 0. The Labute approximate surface area is 36.9 Å². The van der Waals surface area contributed by atoms with E-state index in [0.717, 1.165) is 0 Å². The summed E-state index contributed by atoms with van der Waals surface area (Å²) in [5, 5.41) is 0. The fourth-order valence-electron chi connectivity index (χ4n) is 0.307. The lowest BCUT2D eigenvalue weighted by Crippen LogP contribution is -1.83. The van der Waals surface area contributed by atoms with Crippen LogP contribution in [0.15, 0.2) is 18.4 Å². The van der Waals surface area contributed by atoms with Crippen LogP contribution in [0, 0.1) is 6.08 Å². The van der Waals surface area contributed by atoms with Gasteiger partial charge in [-0.05, 0) is 18.2 Å². The third kappa shape index (κ3) is 0.612. The molecule has 0 N–H and O–H groups in total. The van der Waals surface area contributed by atoms with Gasteiger partial charge in [0.2, 0.25) is 0 Å². The van der Waals surface area contributed by atoms with Crippen molar-refractivity contribution in [3.63, 3.8) is 0 Å². The molecule has 0 atom stereocenters. The zero-order valence-electron chi connectivity index (χ0n) is 3.35. The molecular weight excluding hydrogens is 76.1 g/mol. The van der Waals surface area contributed by atoms with Gasteiger partial charge in [0.15, 0.2) is 0 Å². The second-order valence-electron chi connectivity index (χ2n) is 1.01. The lowest BCUT2D eigenvalue weighted by Gasteiger charge is -1.94. The molecule has 0 fully saturated rings. The van der Waals surface area contributed by atoms with E-state index < -0.39 is 0 Å². The molecule has 0 saturated heterocycles. The first-order valence-electron chi connectivity index (χ1n) is 1.84. The smallest absolute Gasteiger partial charge is 0.106 e. The molecule has 0 aromatic carbocycles. The molecule has 1 heteroatoms. The molecule has 1 aliphatic rings. The van der Waals surface area contributed by atoms with Crippen LogP contribution in [0.3, 0.4) is 0 Å². The van der Waals surface area contributed by atoms with E-state index in [1.54, 1.807) is 12.3 Å². The van der Waals surface area contributed by atoms with Crippen LogP contribution < -0.4 is 0 Å². The molecule has 0 aliphatic carbocycles. The molecule has 1 heterocycles. The van der Waals surface area contributed by atoms with Gasteiger partial charge in [0.05, 0.1) is 6.26 Å². The van der Waals surface area contributed by atoms with Crippen LogP contribution in [-0.2, 0) is 4.74 Å². The fourth-order valence-corrected chi connectivity index (χ4v) is 0.307. The molecule has 0 amide bonds. The Morgan fingerprint density at radius 1 is 1.67 bits per heavy atom. The van der Waals surface area contributed by atoms with Crippen LogP contribution in [0.5, 0.6) is 0 Å². The van der Waals surface area contributed by atoms with E-state index in [-0.39, 0.29) is 0 Å². The number of hydrogen-bond acceptors (Lipinski definition) is 1. The molecule has 0 aromatic rings. The third-order valence-electron chi connectivity index (χ3n) is 0.558. The van der Waals surface area contributed by atoms with Gasteiger partial charge in [0.25, 0.3) is 0 Å². The van der Waals surface area contributed by atoms with E-state index in [1.165, 1.54) is 0 Å². The van der Waals surface area contributed by atoms with Gasteiger partial charge in [-0.3, -0.25) is 0 Å². The van der Waals surface area contributed by atoms with Gasteiger partial charge < -0.3 is 4.74 Å². The summed E-state index contributed by atoms with van der Waals surface area (Å²) in [4.78, 5) is 0. The maximum absolute atomic E-state index is 4.77. The van der Waals surface area contributed by atoms with Crippen molar-refractivity contribution >= 4 is 0 Å². The van der Waals surface area contributed by atoms with E-state index >= 15 is 0 Å². The van der Waals surface area contributed by atoms with Gasteiger partial charge in [0, 0.05) is 0 Å². The van der Waals surface area contributed by atoms with Gasteiger partial charge in [-0.2, -0.15) is 0 Å². The van der Waals surface area contributed by atoms with E-state index in [4.69, 9.17) is 4.74 Å². The summed E-state index contributed by atoms with van der Waals surface area (Å²) in [5.74, 6) is 0. The monoisotopic (exact) mass is 81.0 g/mol. The zero-order valence-corrected chi connectivity index (χ0v) is 3.35. The Balaban J connectivity index is 2.46. The Bertz CT molecular complexity index is 69.9. The third-order valence-corrected chi connectivity index (χ3v) is 0.558. The fraction of sp³-hybridized carbons (Fsp3) is 0.200. The van der Waals surface area contributed by atoms with Crippen molar-refractivity contribution in [2.75, 3.05) is 6.61 Å². The van der Waals surface area contributed by atoms with Gasteiger partial charge in [-0.1, -0.05) is 0 Å². The first kappa shape index (κ1) is 3.47. The van der Waals surface area contributed by atoms with Crippen molar-refractivity contribution in [2.24, 2.45) is 0 Å². The minimum absolute atomic E-state index is 0.677. The summed E-state index contributed by atoms with van der Waals surface area (Å²) in [6.07, 6.45) is 8.05. The molecule has 6 heavy (non-hydrogen) atoms. The van der Waals surface area contributed by atoms with Crippen molar-refractivity contribution in [3.8, 4) is 0 Å². The molecule has 31 valence electrons. The normalized spacial score (nSPS) is 17.3. The molecule has 0 spiro atoms. The number of ether oxygens (including phenoxy) is 1. The Morgan fingerprint density at radius 2 is 2.67 bits per heavy atom. The largest absolute Gasteiger partial charge is 0.497 e. The van der Waals surface area contributed by atoms with Crippen LogP contribution in [-0.4, -0.2) is 6.61 Å². The van der Waals surface area contributed by atoms with Crippen LogP contribution in [0.2, 0.25) is 0 Å². The van der Waals surface area contributed by atoms with E-state index in [0.29, 0.717) is 6.61 Å². The summed E-state index contributed by atoms with van der Waals surface area (Å²) in [7, 11) is 0. The molecule has 1 nitrogen and oxygen atoms in total. The highest BCUT2D eigenvalue weighted by atomic mass is 16.5. The second kappa shape index (κ2) is 1.65. The standard InChI is InChI=1S/C5H5O/c1-2-4-6-5-3-1/h2-4H,5H2. The van der Waals surface area contributed by atoms with Crippen LogP contribution in [0.4, 0.5) is 0 Å². The molecule has 1 rings (SSSR count). The highest BCUT2D eigenvalue weighted by Crippen LogP contribution is 1.85. The predicted molar refractivity (Wildman–Crippen MR) is 22.9 cm³/mol. The Morgan fingerprint density at radius 3 is 2.83 bits per heavy atom. The van der Waals surface area contributed by atoms with Crippen molar-refractivity contribution < 1.29 is 4.74 Å². The average molecular weight is 81.1 g/mol. The number of allylic oxidation sites excluding steroid dienone is 2. The van der Waals surface area contributed by atoms with Gasteiger partial charge in [-0.25, -0.2) is 0 Å². The molecule has 1 aliphatic heterocycles. The minimum Gasteiger partial charge on any atom is -0.497 e. The minimum atomic E-state index is 0.677. The van der Waals surface area contributed by atoms with E-state index in [1.807, 2.05) is 6.08 Å². The Kier molecular flexibility index (Phi) is 0.955. The van der Waals surface area contributed by atoms with Crippen molar-refractivity contribution in [2.45, 2.75) is 0 Å². The number of rotatable bonds is 0. The van der Waals surface area contributed by atoms with Crippen LogP contribution in [0.1, 0.15) is 0 Å². The SMILES string of the molecule is [C]1=CCOC=C1. The maximum Gasteiger partial charge on any atom is 0.106 e. The van der Waals surface area contributed by atoms with Gasteiger partial charge in [-0.15, -0.1) is 0 Å². The summed E-state index contributed by atoms with van der Waals surface area (Å²) < 4.78 is 4.77. The quantitative estimate of drug-likeness (QED) is 0.420. The summed E-state index contributed by atoms with van der Waals surface area (Å²) in [6, 6.07) is 0. The molecule has 1 radical (unpaired) electrons. The molecule has 0 saturated carbocycles. The molecule has 0 aromatic heterocycles. The molecule has 0 bridgehead atoms. The summed E-state index contributed by atoms with van der Waals surface area (Å²) in [5.41, 5.74) is 0. The molecule has 0 unspecified atom stereocenters. The van der Waals surface area contributed by atoms with Crippen molar-refractivity contribution in [1.29, 1.82) is 0 Å². The lowest BCUT2D eigenvalue weighted by molar-refractivity contribution is 0.285. The van der Waals surface area contributed by atoms with Crippen molar-refractivity contribution in [3.05, 3.63) is 24.5 Å². The van der Waals surface area contributed by atoms with Gasteiger partial charge in [0.1, 0.15) is 6.61 Å². The average Bonchev–Trinajstić information content (AvgIpc) is 1.72. The van der Waals surface area contributed by atoms with Crippen LogP contribution >= 0.6 is 0 Å². The number of hydrogen-bond donors (Lipinski definition) is 0. The van der Waals surface area contributed by atoms with E-state index in [9.17, 15) is 0 Å². The maximum atomic E-state index is 4.77. The van der Waals surface area contributed by atoms with Gasteiger partial charge >= 0.3 is 0 Å². The zero-order chi connectivity index (χ0) is 4.24. The highest BCUT2D eigenvalue weighted by molar-refractivity contribution is 4.95. The molecular formula is C5H5O. The Hall–Kier alpha value is -0.720. The van der Waals surface area contributed by atoms with Crippen LogP contribution in [0.25, 0.3) is 0 Å². The lowest BCUT2D eigenvalue weighted by atomic mass is 10.5. The van der Waals surface area contributed by atoms with Crippen molar-refractivity contribution in [1.82, 2.24) is 0 Å². The predicted octanol–water partition coefficient (Wildman–Crippen LogP) is 0.890. The highest BCUT2D eigenvalue weighted by Gasteiger charge is 1.76. The summed E-state index contributed by atoms with van der Waals surface area (Å²) in [6.45, 7) is 0.677.